The summed E-state index contributed by atoms with van der Waals surface area (Å²) in [6, 6.07) is 16.6. The summed E-state index contributed by atoms with van der Waals surface area (Å²) < 4.78 is 2.23. The van der Waals surface area contributed by atoms with Crippen molar-refractivity contribution in [1.29, 1.82) is 0 Å². The van der Waals surface area contributed by atoms with Gasteiger partial charge in [0.1, 0.15) is 0 Å². The molecule has 5 rings (SSSR count). The molecule has 1 amide bonds. The van der Waals surface area contributed by atoms with E-state index in [0.29, 0.717) is 12.3 Å². The monoisotopic (exact) mass is 427 g/mol. The van der Waals surface area contributed by atoms with Gasteiger partial charge in [-0.1, -0.05) is 36.4 Å². The molecule has 1 N–H and O–H groups in total. The molecule has 0 aliphatic carbocycles. The van der Waals surface area contributed by atoms with Crippen molar-refractivity contribution >= 4 is 16.9 Å². The highest BCUT2D eigenvalue weighted by molar-refractivity contribution is 5.82. The number of aryl methyl sites for hydroxylation is 1. The quantitative estimate of drug-likeness (QED) is 0.486. The minimum absolute atomic E-state index is 0.122. The molecule has 1 saturated heterocycles. The SMILES string of the molecule is CC1(C)CC(Cn2cnc3cc(-c4cn[nH]c4)ccc32)CN1C(=O)CCc1ccccc1. The summed E-state index contributed by atoms with van der Waals surface area (Å²) in [6.45, 7) is 6.05. The van der Waals surface area contributed by atoms with E-state index < -0.39 is 0 Å². The number of nitrogens with zero attached hydrogens (tertiary/aromatic N) is 4. The van der Waals surface area contributed by atoms with Gasteiger partial charge < -0.3 is 9.47 Å². The number of nitrogens with one attached hydrogen (secondary N) is 1. The first kappa shape index (κ1) is 20.5. The zero-order valence-electron chi connectivity index (χ0n) is 18.7. The Bertz CT molecular complexity index is 1210. The van der Waals surface area contributed by atoms with E-state index >= 15 is 0 Å². The first-order chi connectivity index (χ1) is 15.5. The van der Waals surface area contributed by atoms with Crippen molar-refractivity contribution in [2.24, 2.45) is 5.92 Å². The summed E-state index contributed by atoms with van der Waals surface area (Å²) in [5, 5.41) is 6.90. The summed E-state index contributed by atoms with van der Waals surface area (Å²) in [6.07, 6.45) is 7.99. The highest BCUT2D eigenvalue weighted by atomic mass is 16.2. The number of imidazole rings is 1. The molecule has 2 aromatic heterocycles. The highest BCUT2D eigenvalue weighted by Crippen LogP contribution is 2.35. The summed E-state index contributed by atoms with van der Waals surface area (Å²) in [5.74, 6) is 0.665. The lowest BCUT2D eigenvalue weighted by Gasteiger charge is -2.31. The van der Waals surface area contributed by atoms with Crippen LogP contribution in [0.4, 0.5) is 0 Å². The van der Waals surface area contributed by atoms with Crippen LogP contribution >= 0.6 is 0 Å². The Morgan fingerprint density at radius 3 is 2.78 bits per heavy atom. The Morgan fingerprint density at radius 1 is 1.16 bits per heavy atom. The van der Waals surface area contributed by atoms with Crippen molar-refractivity contribution in [3.8, 4) is 11.1 Å². The maximum Gasteiger partial charge on any atom is 0.223 e. The number of H-pyrrole nitrogens is 1. The smallest absolute Gasteiger partial charge is 0.223 e. The van der Waals surface area contributed by atoms with Gasteiger partial charge >= 0.3 is 0 Å². The lowest BCUT2D eigenvalue weighted by atomic mass is 9.96. The molecule has 3 heterocycles. The van der Waals surface area contributed by atoms with E-state index in [-0.39, 0.29) is 11.4 Å². The predicted molar refractivity (Wildman–Crippen MR) is 126 cm³/mol. The third kappa shape index (κ3) is 4.05. The third-order valence-corrected chi connectivity index (χ3v) is 6.64. The molecule has 0 spiro atoms. The van der Waals surface area contributed by atoms with Crippen LogP contribution < -0.4 is 0 Å². The van der Waals surface area contributed by atoms with Gasteiger partial charge in [0.25, 0.3) is 0 Å². The van der Waals surface area contributed by atoms with E-state index in [4.69, 9.17) is 0 Å². The fourth-order valence-electron chi connectivity index (χ4n) is 5.05. The Labute approximate surface area is 188 Å². The molecule has 32 heavy (non-hydrogen) atoms. The average molecular weight is 428 g/mol. The van der Waals surface area contributed by atoms with Gasteiger partial charge in [0, 0.05) is 36.8 Å². The lowest BCUT2D eigenvalue weighted by Crippen LogP contribution is -2.42. The molecule has 6 heteroatoms. The Morgan fingerprint density at radius 2 is 2.00 bits per heavy atom. The molecule has 0 bridgehead atoms. The second-order valence-electron chi connectivity index (χ2n) is 9.46. The van der Waals surface area contributed by atoms with E-state index in [2.05, 4.69) is 68.8 Å². The van der Waals surface area contributed by atoms with E-state index in [0.717, 1.165) is 48.1 Å². The first-order valence-corrected chi connectivity index (χ1v) is 11.3. The van der Waals surface area contributed by atoms with Crippen LogP contribution in [-0.4, -0.2) is 42.6 Å². The number of aromatic amines is 1. The number of carbonyl (C=O) groups excluding carboxylic acids is 1. The molecule has 0 saturated carbocycles. The van der Waals surface area contributed by atoms with E-state index in [1.807, 2.05) is 36.9 Å². The Kier molecular flexibility index (Phi) is 5.29. The van der Waals surface area contributed by atoms with Crippen LogP contribution in [-0.2, 0) is 17.8 Å². The van der Waals surface area contributed by atoms with Crippen molar-refractivity contribution in [2.45, 2.75) is 45.2 Å². The van der Waals surface area contributed by atoms with Crippen LogP contribution in [0.3, 0.4) is 0 Å². The molecule has 6 nitrogen and oxygen atoms in total. The average Bonchev–Trinajstić information content (AvgIpc) is 3.52. The van der Waals surface area contributed by atoms with Crippen LogP contribution in [0.15, 0.2) is 67.3 Å². The van der Waals surface area contributed by atoms with Crippen LogP contribution in [0.25, 0.3) is 22.2 Å². The number of amides is 1. The van der Waals surface area contributed by atoms with E-state index in [1.165, 1.54) is 5.56 Å². The highest BCUT2D eigenvalue weighted by Gasteiger charge is 2.40. The second-order valence-corrected chi connectivity index (χ2v) is 9.46. The third-order valence-electron chi connectivity index (χ3n) is 6.64. The van der Waals surface area contributed by atoms with Gasteiger partial charge in [0.2, 0.25) is 5.91 Å². The van der Waals surface area contributed by atoms with Crippen molar-refractivity contribution < 1.29 is 4.79 Å². The van der Waals surface area contributed by atoms with Crippen LogP contribution in [0.1, 0.15) is 32.3 Å². The molecule has 4 aromatic rings. The Balaban J connectivity index is 1.27. The van der Waals surface area contributed by atoms with Gasteiger partial charge in [0.05, 0.1) is 23.6 Å². The summed E-state index contributed by atoms with van der Waals surface area (Å²) in [4.78, 5) is 19.8. The van der Waals surface area contributed by atoms with Crippen molar-refractivity contribution in [3.63, 3.8) is 0 Å². The van der Waals surface area contributed by atoms with Crippen LogP contribution in [0, 0.1) is 5.92 Å². The largest absolute Gasteiger partial charge is 0.337 e. The van der Waals surface area contributed by atoms with Crippen LogP contribution in [0.5, 0.6) is 0 Å². The number of aromatic nitrogens is 4. The van der Waals surface area contributed by atoms with Gasteiger partial charge in [-0.15, -0.1) is 0 Å². The molecular weight excluding hydrogens is 398 g/mol. The van der Waals surface area contributed by atoms with Gasteiger partial charge in [-0.05, 0) is 55.9 Å². The summed E-state index contributed by atoms with van der Waals surface area (Å²) in [5.41, 5.74) is 5.37. The number of hydrogen-bond acceptors (Lipinski definition) is 3. The summed E-state index contributed by atoms with van der Waals surface area (Å²) in [7, 11) is 0. The first-order valence-electron chi connectivity index (χ1n) is 11.3. The number of carbonyl (C=O) groups is 1. The molecule has 1 aliphatic rings. The molecule has 1 fully saturated rings. The fraction of sp³-hybridized carbons (Fsp3) is 0.346. The predicted octanol–water partition coefficient (Wildman–Crippen LogP) is 4.69. The van der Waals surface area contributed by atoms with Crippen LogP contribution in [0.2, 0.25) is 0 Å². The number of benzene rings is 2. The molecule has 2 aromatic carbocycles. The van der Waals surface area contributed by atoms with Gasteiger partial charge in [-0.3, -0.25) is 9.89 Å². The normalized spacial score (nSPS) is 17.8. The number of fused-ring (bicyclic) bond motifs is 1. The van der Waals surface area contributed by atoms with Gasteiger partial charge in [-0.25, -0.2) is 4.98 Å². The molecule has 0 radical (unpaired) electrons. The zero-order valence-corrected chi connectivity index (χ0v) is 18.7. The van der Waals surface area contributed by atoms with E-state index in [1.54, 1.807) is 0 Å². The van der Waals surface area contributed by atoms with Gasteiger partial charge in [0.15, 0.2) is 0 Å². The van der Waals surface area contributed by atoms with Crippen molar-refractivity contribution in [1.82, 2.24) is 24.6 Å². The Hall–Kier alpha value is -3.41. The fourth-order valence-corrected chi connectivity index (χ4v) is 5.05. The molecular formula is C26H29N5O. The van der Waals surface area contributed by atoms with Gasteiger partial charge in [-0.2, -0.15) is 5.10 Å². The molecule has 1 atom stereocenters. The number of likely N-dealkylation sites (tertiary alicyclic amines) is 1. The maximum absolute atomic E-state index is 13.0. The molecule has 1 aliphatic heterocycles. The van der Waals surface area contributed by atoms with Crippen molar-refractivity contribution in [2.75, 3.05) is 6.54 Å². The lowest BCUT2D eigenvalue weighted by molar-refractivity contribution is -0.134. The minimum Gasteiger partial charge on any atom is -0.337 e. The molecule has 1 unspecified atom stereocenters. The maximum atomic E-state index is 13.0. The standard InChI is InChI=1S/C26H29N5O/c1-26(2)13-20(17-31(26)25(32)11-8-19-6-4-3-5-7-19)16-30-18-27-23-12-21(9-10-24(23)30)22-14-28-29-15-22/h3-7,9-10,12,14-15,18,20H,8,11,13,16-17H2,1-2H3,(H,28,29). The van der Waals surface area contributed by atoms with Crippen molar-refractivity contribution in [3.05, 3.63) is 72.8 Å². The minimum atomic E-state index is -0.122. The van der Waals surface area contributed by atoms with E-state index in [9.17, 15) is 4.79 Å². The number of hydrogen-bond donors (Lipinski definition) is 1. The molecule has 164 valence electrons. The second kappa shape index (κ2) is 8.26. The number of rotatable bonds is 6. The zero-order chi connectivity index (χ0) is 22.1. The summed E-state index contributed by atoms with van der Waals surface area (Å²) >= 11 is 0. The topological polar surface area (TPSA) is 66.8 Å².